The smallest absolute Gasteiger partial charge is 0.305 e. The van der Waals surface area contributed by atoms with Gasteiger partial charge in [-0.15, -0.1) is 0 Å². The van der Waals surface area contributed by atoms with E-state index in [2.05, 4.69) is 43.5 Å². The predicted molar refractivity (Wildman–Crippen MR) is 292 cm³/mol. The molecule has 0 aliphatic heterocycles. The van der Waals surface area contributed by atoms with Crippen LogP contribution in [0.2, 0.25) is 0 Å². The highest BCUT2D eigenvalue weighted by Gasteiger charge is 2.18. The van der Waals surface area contributed by atoms with E-state index >= 15 is 0 Å². The fourth-order valence-corrected chi connectivity index (χ4v) is 9.03. The molecule has 0 rings (SSSR count). The lowest BCUT2D eigenvalue weighted by molar-refractivity contribution is -0.143. The first kappa shape index (κ1) is 65.1. The molecule has 394 valence electrons. The number of allylic oxidation sites excluding steroid dienone is 5. The second-order valence-electron chi connectivity index (χ2n) is 20.3. The van der Waals surface area contributed by atoms with Crippen molar-refractivity contribution in [1.29, 1.82) is 0 Å². The van der Waals surface area contributed by atoms with Crippen LogP contribution >= 0.6 is 0 Å². The van der Waals surface area contributed by atoms with E-state index in [1.54, 1.807) is 6.08 Å². The SMILES string of the molecule is CCCCCCCC/C=C\CCCCCCCCCC(=O)OCCCCC/C=C\CCCCCCCC(=O)NC(CO)C(O)/C=C/CCCCCCCCCCCCCCCCCCCCC. The summed E-state index contributed by atoms with van der Waals surface area (Å²) in [7, 11) is 0. The number of rotatable bonds is 55. The molecule has 0 spiro atoms. The maximum absolute atomic E-state index is 12.5. The molecule has 0 radical (unpaired) electrons. The number of ether oxygens (including phenoxy) is 1. The first-order valence-electron chi connectivity index (χ1n) is 29.8. The highest BCUT2D eigenvalue weighted by molar-refractivity contribution is 5.76. The Hall–Kier alpha value is -1.92. The Balaban J connectivity index is 3.53. The van der Waals surface area contributed by atoms with Crippen LogP contribution in [0, 0.1) is 0 Å². The first-order chi connectivity index (χ1) is 33.0. The maximum atomic E-state index is 12.5. The highest BCUT2D eigenvalue weighted by atomic mass is 16.5. The number of hydrogen-bond acceptors (Lipinski definition) is 5. The second kappa shape index (κ2) is 56.7. The van der Waals surface area contributed by atoms with Crippen molar-refractivity contribution in [2.75, 3.05) is 13.2 Å². The largest absolute Gasteiger partial charge is 0.466 e. The number of esters is 1. The molecule has 67 heavy (non-hydrogen) atoms. The van der Waals surface area contributed by atoms with E-state index in [4.69, 9.17) is 4.74 Å². The molecule has 0 saturated heterocycles. The lowest BCUT2D eigenvalue weighted by atomic mass is 10.0. The molecular formula is C61H115NO5. The Morgan fingerprint density at radius 3 is 1.06 bits per heavy atom. The maximum Gasteiger partial charge on any atom is 0.305 e. The lowest BCUT2D eigenvalue weighted by Crippen LogP contribution is -2.45. The van der Waals surface area contributed by atoms with Crippen LogP contribution in [0.15, 0.2) is 36.5 Å². The zero-order chi connectivity index (χ0) is 48.6. The van der Waals surface area contributed by atoms with Gasteiger partial charge in [-0.3, -0.25) is 9.59 Å². The molecule has 0 saturated carbocycles. The number of carbonyl (C=O) groups excluding carboxylic acids is 2. The quantitative estimate of drug-likeness (QED) is 0.0321. The summed E-state index contributed by atoms with van der Waals surface area (Å²) >= 11 is 0. The van der Waals surface area contributed by atoms with Gasteiger partial charge in [0.05, 0.1) is 25.4 Å². The third-order valence-electron chi connectivity index (χ3n) is 13.6. The molecule has 0 aromatic rings. The molecule has 6 heteroatoms. The van der Waals surface area contributed by atoms with Crippen LogP contribution in [0.3, 0.4) is 0 Å². The van der Waals surface area contributed by atoms with Crippen molar-refractivity contribution < 1.29 is 24.5 Å². The third-order valence-corrected chi connectivity index (χ3v) is 13.6. The average molecular weight is 943 g/mol. The van der Waals surface area contributed by atoms with Crippen molar-refractivity contribution in [1.82, 2.24) is 5.32 Å². The normalized spacial score (nSPS) is 12.8. The van der Waals surface area contributed by atoms with Gasteiger partial charge in [-0.05, 0) is 89.9 Å². The average Bonchev–Trinajstić information content (AvgIpc) is 3.33. The molecule has 2 unspecified atom stereocenters. The number of carbonyl (C=O) groups is 2. The fourth-order valence-electron chi connectivity index (χ4n) is 9.03. The van der Waals surface area contributed by atoms with E-state index in [1.807, 2.05) is 6.08 Å². The summed E-state index contributed by atoms with van der Waals surface area (Å²) in [6.07, 6.45) is 70.3. The summed E-state index contributed by atoms with van der Waals surface area (Å²) in [5.74, 6) is -0.119. The van der Waals surface area contributed by atoms with E-state index in [-0.39, 0.29) is 18.5 Å². The van der Waals surface area contributed by atoms with Crippen LogP contribution in [-0.4, -0.2) is 47.4 Å². The monoisotopic (exact) mass is 942 g/mol. The van der Waals surface area contributed by atoms with Gasteiger partial charge in [-0.25, -0.2) is 0 Å². The van der Waals surface area contributed by atoms with Crippen LogP contribution in [0.5, 0.6) is 0 Å². The van der Waals surface area contributed by atoms with Gasteiger partial charge < -0.3 is 20.3 Å². The fraction of sp³-hybridized carbons (Fsp3) is 0.869. The Bertz CT molecular complexity index is 1090. The molecule has 0 heterocycles. The summed E-state index contributed by atoms with van der Waals surface area (Å²) in [6, 6.07) is -0.648. The number of nitrogens with one attached hydrogen (secondary N) is 1. The Labute approximate surface area is 417 Å². The van der Waals surface area contributed by atoms with Crippen molar-refractivity contribution in [3.05, 3.63) is 36.5 Å². The number of hydrogen-bond donors (Lipinski definition) is 3. The molecule has 1 amide bonds. The topological polar surface area (TPSA) is 95.9 Å². The zero-order valence-corrected chi connectivity index (χ0v) is 44.9. The molecule has 0 bridgehead atoms. The van der Waals surface area contributed by atoms with E-state index in [0.717, 1.165) is 83.5 Å². The summed E-state index contributed by atoms with van der Waals surface area (Å²) in [6.45, 7) is 4.85. The number of unbranched alkanes of at least 4 members (excludes halogenated alkanes) is 40. The molecular weight excluding hydrogens is 827 g/mol. The summed E-state index contributed by atoms with van der Waals surface area (Å²) < 4.78 is 5.46. The summed E-state index contributed by atoms with van der Waals surface area (Å²) in [4.78, 5) is 24.5. The highest BCUT2D eigenvalue weighted by Crippen LogP contribution is 2.16. The van der Waals surface area contributed by atoms with Crippen LogP contribution in [-0.2, 0) is 14.3 Å². The van der Waals surface area contributed by atoms with Crippen LogP contribution in [0.4, 0.5) is 0 Å². The van der Waals surface area contributed by atoms with Gasteiger partial charge in [-0.2, -0.15) is 0 Å². The summed E-state index contributed by atoms with van der Waals surface area (Å²) in [5.41, 5.74) is 0. The molecule has 3 N–H and O–H groups in total. The second-order valence-corrected chi connectivity index (χ2v) is 20.3. The van der Waals surface area contributed by atoms with Crippen molar-refractivity contribution >= 4 is 11.9 Å². The minimum Gasteiger partial charge on any atom is -0.466 e. The van der Waals surface area contributed by atoms with E-state index in [0.29, 0.717) is 19.4 Å². The lowest BCUT2D eigenvalue weighted by Gasteiger charge is -2.20. The van der Waals surface area contributed by atoms with Gasteiger partial charge in [0, 0.05) is 12.8 Å². The van der Waals surface area contributed by atoms with Gasteiger partial charge in [-0.1, -0.05) is 249 Å². The van der Waals surface area contributed by atoms with Crippen molar-refractivity contribution in [2.24, 2.45) is 0 Å². The molecule has 2 atom stereocenters. The van der Waals surface area contributed by atoms with Gasteiger partial charge in [0.1, 0.15) is 0 Å². The Kier molecular flexibility index (Phi) is 55.0. The van der Waals surface area contributed by atoms with Crippen molar-refractivity contribution in [3.8, 4) is 0 Å². The van der Waals surface area contributed by atoms with Gasteiger partial charge in [0.2, 0.25) is 5.91 Å². The van der Waals surface area contributed by atoms with Crippen molar-refractivity contribution in [2.45, 2.75) is 328 Å². The molecule has 0 aliphatic rings. The standard InChI is InChI=1S/C61H115NO5/c1-3-5-7-9-11-13-15-17-19-21-22-23-24-26-27-29-33-37-41-45-49-53-59(64)58(57-63)62-60(65)54-50-46-42-38-34-31-32-36-40-44-48-52-56-67-61(66)55-51-47-43-39-35-30-28-25-20-18-16-14-12-10-8-6-4-2/h18,20,32,36,49,53,58-59,63-64H,3-17,19,21-31,33-35,37-48,50-52,54-57H2,1-2H3,(H,62,65)/b20-18-,36-32-,53-49+. The number of amides is 1. The van der Waals surface area contributed by atoms with E-state index in [1.165, 1.54) is 205 Å². The molecule has 0 fully saturated rings. The zero-order valence-electron chi connectivity index (χ0n) is 44.9. The molecule has 0 aromatic heterocycles. The number of aliphatic hydroxyl groups is 2. The van der Waals surface area contributed by atoms with Gasteiger partial charge in [0.25, 0.3) is 0 Å². The minimum absolute atomic E-state index is 0.0274. The van der Waals surface area contributed by atoms with Crippen LogP contribution in [0.25, 0.3) is 0 Å². The van der Waals surface area contributed by atoms with E-state index < -0.39 is 12.1 Å². The van der Waals surface area contributed by atoms with Gasteiger partial charge in [0.15, 0.2) is 0 Å². The number of aliphatic hydroxyl groups excluding tert-OH is 2. The Morgan fingerprint density at radius 1 is 0.403 bits per heavy atom. The van der Waals surface area contributed by atoms with Crippen LogP contribution < -0.4 is 5.32 Å². The first-order valence-corrected chi connectivity index (χ1v) is 29.8. The summed E-state index contributed by atoms with van der Waals surface area (Å²) in [5, 5.41) is 23.2. The van der Waals surface area contributed by atoms with E-state index in [9.17, 15) is 19.8 Å². The van der Waals surface area contributed by atoms with Gasteiger partial charge >= 0.3 is 5.97 Å². The van der Waals surface area contributed by atoms with Crippen molar-refractivity contribution in [3.63, 3.8) is 0 Å². The molecule has 6 nitrogen and oxygen atoms in total. The molecule has 0 aliphatic carbocycles. The molecule has 0 aromatic carbocycles. The Morgan fingerprint density at radius 2 is 0.701 bits per heavy atom. The minimum atomic E-state index is -0.862. The third kappa shape index (κ3) is 53.3. The van der Waals surface area contributed by atoms with Crippen LogP contribution in [0.1, 0.15) is 316 Å². The predicted octanol–water partition coefficient (Wildman–Crippen LogP) is 18.4.